The lowest BCUT2D eigenvalue weighted by molar-refractivity contribution is -0.137. The predicted octanol–water partition coefficient (Wildman–Crippen LogP) is 3.21. The molecular weight excluding hydrogens is 303 g/mol. The van der Waals surface area contributed by atoms with Crippen molar-refractivity contribution in [2.24, 2.45) is 5.73 Å². The molecule has 0 heterocycles. The number of nitrogens with two attached hydrogens (primary N) is 1. The summed E-state index contributed by atoms with van der Waals surface area (Å²) in [4.78, 5) is 13.2. The Labute approximate surface area is 126 Å². The molecule has 0 atom stereocenters. The zero-order chi connectivity index (χ0) is 16.2. The molecule has 2 amide bonds. The lowest BCUT2D eigenvalue weighted by Gasteiger charge is -2.20. The Balaban J connectivity index is 3.13. The van der Waals surface area contributed by atoms with Crippen LogP contribution in [-0.4, -0.2) is 29.0 Å². The summed E-state index contributed by atoms with van der Waals surface area (Å²) >= 11 is 4.75. The molecule has 0 aromatic heterocycles. The zero-order valence-corrected chi connectivity index (χ0v) is 12.4. The molecule has 0 saturated carbocycles. The third kappa shape index (κ3) is 4.32. The second-order valence-corrected chi connectivity index (χ2v) is 4.66. The molecule has 0 aliphatic heterocycles. The first-order valence-electron chi connectivity index (χ1n) is 6.27. The summed E-state index contributed by atoms with van der Waals surface area (Å²) in [6.07, 6.45) is -4.50. The summed E-state index contributed by atoms with van der Waals surface area (Å²) in [5.74, 6) is 0. The van der Waals surface area contributed by atoms with E-state index in [0.29, 0.717) is 13.1 Å². The van der Waals surface area contributed by atoms with Crippen molar-refractivity contribution in [3.05, 3.63) is 29.3 Å². The maximum Gasteiger partial charge on any atom is 0.416 e. The Kier molecular flexibility index (Phi) is 5.54. The van der Waals surface area contributed by atoms with Crippen molar-refractivity contribution in [3.63, 3.8) is 0 Å². The predicted molar refractivity (Wildman–Crippen MR) is 79.3 cm³/mol. The van der Waals surface area contributed by atoms with E-state index in [9.17, 15) is 18.0 Å². The number of alkyl halides is 3. The molecule has 0 fully saturated rings. The standard InChI is InChI=1S/C13H16F3N3OS/c1-3-19(4-2)12(20)18-10-6-5-8(13(14,15)16)7-9(10)11(17)21/h5-7H,3-4H2,1-2H3,(H2,17,21)(H,18,20). The van der Waals surface area contributed by atoms with Crippen molar-refractivity contribution in [2.75, 3.05) is 18.4 Å². The fourth-order valence-corrected chi connectivity index (χ4v) is 1.91. The molecule has 0 bridgehead atoms. The number of rotatable bonds is 4. The number of carbonyl (C=O) groups is 1. The molecule has 116 valence electrons. The highest BCUT2D eigenvalue weighted by Gasteiger charge is 2.31. The van der Waals surface area contributed by atoms with Crippen LogP contribution in [-0.2, 0) is 6.18 Å². The van der Waals surface area contributed by atoms with Gasteiger partial charge in [-0.2, -0.15) is 13.2 Å². The molecule has 0 unspecified atom stereocenters. The maximum absolute atomic E-state index is 12.7. The second kappa shape index (κ2) is 6.75. The smallest absolute Gasteiger partial charge is 0.389 e. The van der Waals surface area contributed by atoms with Crippen LogP contribution in [0.15, 0.2) is 18.2 Å². The summed E-state index contributed by atoms with van der Waals surface area (Å²) in [5, 5.41) is 2.52. The molecule has 1 aromatic rings. The molecule has 0 aliphatic rings. The van der Waals surface area contributed by atoms with Crippen LogP contribution in [0.1, 0.15) is 25.0 Å². The molecule has 0 aliphatic carbocycles. The average molecular weight is 319 g/mol. The van der Waals surface area contributed by atoms with Gasteiger partial charge >= 0.3 is 12.2 Å². The minimum atomic E-state index is -4.50. The Bertz CT molecular complexity index is 542. The Morgan fingerprint density at radius 2 is 1.90 bits per heavy atom. The van der Waals surface area contributed by atoms with Crippen LogP contribution in [0.25, 0.3) is 0 Å². The molecule has 4 nitrogen and oxygen atoms in total. The average Bonchev–Trinajstić information content (AvgIpc) is 2.38. The molecule has 1 rings (SSSR count). The molecule has 1 aromatic carbocycles. The van der Waals surface area contributed by atoms with E-state index in [2.05, 4.69) is 5.32 Å². The molecular formula is C13H16F3N3OS. The van der Waals surface area contributed by atoms with E-state index in [4.69, 9.17) is 18.0 Å². The first-order chi connectivity index (χ1) is 9.70. The summed E-state index contributed by atoms with van der Waals surface area (Å²) in [6, 6.07) is 2.44. The van der Waals surface area contributed by atoms with Gasteiger partial charge in [0.05, 0.1) is 11.3 Å². The van der Waals surface area contributed by atoms with E-state index in [1.807, 2.05) is 0 Å². The number of amides is 2. The van der Waals surface area contributed by atoms with Crippen LogP contribution in [0.3, 0.4) is 0 Å². The van der Waals surface area contributed by atoms with Crippen LogP contribution in [0.4, 0.5) is 23.7 Å². The summed E-state index contributed by atoms with van der Waals surface area (Å²) in [7, 11) is 0. The fraction of sp³-hybridized carbons (Fsp3) is 0.385. The molecule has 0 radical (unpaired) electrons. The van der Waals surface area contributed by atoms with Gasteiger partial charge < -0.3 is 16.0 Å². The Morgan fingerprint density at radius 3 is 2.33 bits per heavy atom. The van der Waals surface area contributed by atoms with Crippen molar-refractivity contribution in [3.8, 4) is 0 Å². The summed E-state index contributed by atoms with van der Waals surface area (Å²) < 4.78 is 38.0. The number of benzene rings is 1. The van der Waals surface area contributed by atoms with Gasteiger partial charge in [-0.3, -0.25) is 0 Å². The van der Waals surface area contributed by atoms with E-state index < -0.39 is 17.8 Å². The number of nitrogens with one attached hydrogen (secondary N) is 1. The van der Waals surface area contributed by atoms with Gasteiger partial charge in [0.25, 0.3) is 0 Å². The number of anilines is 1. The SMILES string of the molecule is CCN(CC)C(=O)Nc1ccc(C(F)(F)F)cc1C(N)=S. The van der Waals surface area contributed by atoms with Crippen LogP contribution in [0.5, 0.6) is 0 Å². The lowest BCUT2D eigenvalue weighted by atomic mass is 10.1. The van der Waals surface area contributed by atoms with Gasteiger partial charge in [-0.25, -0.2) is 4.79 Å². The quantitative estimate of drug-likeness (QED) is 0.838. The van der Waals surface area contributed by atoms with E-state index in [0.717, 1.165) is 18.2 Å². The van der Waals surface area contributed by atoms with Gasteiger partial charge in [-0.15, -0.1) is 0 Å². The third-order valence-electron chi connectivity index (χ3n) is 2.90. The third-order valence-corrected chi connectivity index (χ3v) is 3.12. The number of halogens is 3. The van der Waals surface area contributed by atoms with Crippen molar-refractivity contribution < 1.29 is 18.0 Å². The number of nitrogens with zero attached hydrogens (tertiary/aromatic N) is 1. The van der Waals surface area contributed by atoms with Gasteiger partial charge in [0.15, 0.2) is 0 Å². The molecule has 8 heteroatoms. The first-order valence-corrected chi connectivity index (χ1v) is 6.68. The van der Waals surface area contributed by atoms with E-state index >= 15 is 0 Å². The molecule has 0 spiro atoms. The second-order valence-electron chi connectivity index (χ2n) is 4.22. The largest absolute Gasteiger partial charge is 0.416 e. The van der Waals surface area contributed by atoms with Gasteiger partial charge in [0, 0.05) is 18.7 Å². The highest BCUT2D eigenvalue weighted by molar-refractivity contribution is 7.80. The number of thiocarbonyl (C=S) groups is 1. The number of hydrogen-bond donors (Lipinski definition) is 2. The maximum atomic E-state index is 12.7. The van der Waals surface area contributed by atoms with Crippen molar-refractivity contribution in [2.45, 2.75) is 20.0 Å². The van der Waals surface area contributed by atoms with Crippen molar-refractivity contribution in [1.29, 1.82) is 0 Å². The molecule has 0 saturated heterocycles. The fourth-order valence-electron chi connectivity index (χ4n) is 1.74. The highest BCUT2D eigenvalue weighted by atomic mass is 32.1. The summed E-state index contributed by atoms with van der Waals surface area (Å²) in [5.41, 5.74) is 4.72. The van der Waals surface area contributed by atoms with Gasteiger partial charge in [0.2, 0.25) is 0 Å². The monoisotopic (exact) mass is 319 g/mol. The minimum Gasteiger partial charge on any atom is -0.389 e. The van der Waals surface area contributed by atoms with E-state index in [-0.39, 0.29) is 16.2 Å². The van der Waals surface area contributed by atoms with Crippen LogP contribution in [0, 0.1) is 0 Å². The number of carbonyl (C=O) groups excluding carboxylic acids is 1. The number of hydrogen-bond acceptors (Lipinski definition) is 2. The molecule has 21 heavy (non-hydrogen) atoms. The van der Waals surface area contributed by atoms with Crippen molar-refractivity contribution in [1.82, 2.24) is 4.90 Å². The normalized spacial score (nSPS) is 11.1. The van der Waals surface area contributed by atoms with E-state index in [1.165, 1.54) is 4.90 Å². The first kappa shape index (κ1) is 17.2. The summed E-state index contributed by atoms with van der Waals surface area (Å²) in [6.45, 7) is 4.55. The molecule has 3 N–H and O–H groups in total. The zero-order valence-electron chi connectivity index (χ0n) is 11.6. The highest BCUT2D eigenvalue weighted by Crippen LogP contribution is 2.32. The van der Waals surface area contributed by atoms with Crippen LogP contribution < -0.4 is 11.1 Å². The van der Waals surface area contributed by atoms with Gasteiger partial charge in [-0.1, -0.05) is 12.2 Å². The lowest BCUT2D eigenvalue weighted by Crippen LogP contribution is -2.35. The Hall–Kier alpha value is -1.83. The van der Waals surface area contributed by atoms with Crippen LogP contribution >= 0.6 is 12.2 Å². The van der Waals surface area contributed by atoms with Gasteiger partial charge in [-0.05, 0) is 32.0 Å². The number of urea groups is 1. The minimum absolute atomic E-state index is 0.0136. The topological polar surface area (TPSA) is 58.4 Å². The van der Waals surface area contributed by atoms with Crippen LogP contribution in [0.2, 0.25) is 0 Å². The Morgan fingerprint density at radius 1 is 1.33 bits per heavy atom. The van der Waals surface area contributed by atoms with E-state index in [1.54, 1.807) is 13.8 Å². The van der Waals surface area contributed by atoms with Gasteiger partial charge in [0.1, 0.15) is 4.99 Å². The van der Waals surface area contributed by atoms with Crippen molar-refractivity contribution >= 4 is 28.9 Å².